The molecule has 2 aliphatic rings. The molecule has 1 spiro atoms. The fraction of sp³-hybridized carbons (Fsp3) is 0.800. The summed E-state index contributed by atoms with van der Waals surface area (Å²) in [5.41, 5.74) is -0.286. The Kier molecular flexibility index (Phi) is 1.84. The van der Waals surface area contributed by atoms with Crippen LogP contribution in [-0.2, 0) is 4.79 Å². The summed E-state index contributed by atoms with van der Waals surface area (Å²) in [4.78, 5) is 22.6. The first kappa shape index (κ1) is 9.49. The molecule has 3 amide bonds. The Bertz CT molecular complexity index is 286. The van der Waals surface area contributed by atoms with Crippen LogP contribution in [0.1, 0.15) is 39.5 Å². The number of urea groups is 1. The predicted molar refractivity (Wildman–Crippen MR) is 51.7 cm³/mol. The second kappa shape index (κ2) is 2.72. The minimum Gasteiger partial charge on any atom is -0.323 e. The molecule has 0 aromatic carbocycles. The average molecular weight is 196 g/mol. The molecule has 78 valence electrons. The predicted octanol–water partition coefficient (Wildman–Crippen LogP) is 1.16. The van der Waals surface area contributed by atoms with Gasteiger partial charge >= 0.3 is 6.03 Å². The molecule has 0 unspecified atom stereocenters. The lowest BCUT2D eigenvalue weighted by atomic mass is 9.69. The number of hydrogen-bond acceptors (Lipinski definition) is 2. The average Bonchev–Trinajstić information content (AvgIpc) is 2.35. The van der Waals surface area contributed by atoms with E-state index in [1.807, 2.05) is 0 Å². The molecule has 4 nitrogen and oxygen atoms in total. The molecule has 0 aromatic rings. The van der Waals surface area contributed by atoms with Gasteiger partial charge < -0.3 is 5.32 Å². The Morgan fingerprint density at radius 2 is 1.64 bits per heavy atom. The first-order valence-electron chi connectivity index (χ1n) is 5.07. The van der Waals surface area contributed by atoms with E-state index >= 15 is 0 Å². The van der Waals surface area contributed by atoms with E-state index in [1.54, 1.807) is 0 Å². The lowest BCUT2D eigenvalue weighted by molar-refractivity contribution is -0.125. The fourth-order valence-corrected chi connectivity index (χ4v) is 2.23. The minimum absolute atomic E-state index is 0.141. The molecule has 1 heterocycles. The van der Waals surface area contributed by atoms with Crippen molar-refractivity contribution in [2.24, 2.45) is 5.41 Å². The lowest BCUT2D eigenvalue weighted by Crippen LogP contribution is -2.50. The van der Waals surface area contributed by atoms with Crippen molar-refractivity contribution < 1.29 is 9.59 Å². The van der Waals surface area contributed by atoms with Crippen LogP contribution < -0.4 is 10.6 Å². The maximum absolute atomic E-state index is 11.6. The molecule has 1 saturated carbocycles. The molecule has 2 rings (SSSR count). The van der Waals surface area contributed by atoms with Crippen molar-refractivity contribution in [1.29, 1.82) is 0 Å². The fourth-order valence-electron chi connectivity index (χ4n) is 2.23. The van der Waals surface area contributed by atoms with Gasteiger partial charge in [-0.25, -0.2) is 4.79 Å². The van der Waals surface area contributed by atoms with Crippen molar-refractivity contribution in [1.82, 2.24) is 10.6 Å². The third-order valence-electron chi connectivity index (χ3n) is 3.47. The number of carbonyl (C=O) groups excluding carboxylic acids is 2. The van der Waals surface area contributed by atoms with Crippen molar-refractivity contribution in [3.05, 3.63) is 0 Å². The van der Waals surface area contributed by atoms with Gasteiger partial charge in [0.2, 0.25) is 0 Å². The van der Waals surface area contributed by atoms with Crippen LogP contribution >= 0.6 is 0 Å². The maximum Gasteiger partial charge on any atom is 0.322 e. The molecule has 1 aliphatic heterocycles. The second-order valence-electron chi connectivity index (χ2n) is 5.15. The molecule has 4 heteroatoms. The van der Waals surface area contributed by atoms with E-state index in [9.17, 15) is 9.59 Å². The Balaban J connectivity index is 2.13. The molecule has 0 bridgehead atoms. The summed E-state index contributed by atoms with van der Waals surface area (Å²) in [6, 6.07) is -0.338. The second-order valence-corrected chi connectivity index (χ2v) is 5.15. The molecular weight excluding hydrogens is 180 g/mol. The zero-order chi connectivity index (χ0) is 10.4. The number of imide groups is 1. The van der Waals surface area contributed by atoms with Crippen LogP contribution in [0.4, 0.5) is 4.79 Å². The summed E-state index contributed by atoms with van der Waals surface area (Å²) in [6.07, 6.45) is 3.50. The zero-order valence-corrected chi connectivity index (χ0v) is 8.64. The highest BCUT2D eigenvalue weighted by molar-refractivity contribution is 6.07. The largest absolute Gasteiger partial charge is 0.323 e. The van der Waals surface area contributed by atoms with E-state index < -0.39 is 5.54 Å². The number of hydrogen-bond donors (Lipinski definition) is 2. The summed E-state index contributed by atoms with van der Waals surface area (Å²) in [7, 11) is 0. The maximum atomic E-state index is 11.6. The first-order chi connectivity index (χ1) is 6.44. The van der Waals surface area contributed by atoms with Crippen molar-refractivity contribution in [3.63, 3.8) is 0 Å². The Morgan fingerprint density at radius 1 is 1.07 bits per heavy atom. The molecule has 1 aliphatic carbocycles. The van der Waals surface area contributed by atoms with Crippen molar-refractivity contribution in [3.8, 4) is 0 Å². The van der Waals surface area contributed by atoms with Crippen LogP contribution in [0.5, 0.6) is 0 Å². The molecule has 2 fully saturated rings. The third-order valence-corrected chi connectivity index (χ3v) is 3.47. The van der Waals surface area contributed by atoms with Crippen molar-refractivity contribution in [2.75, 3.05) is 0 Å². The third kappa shape index (κ3) is 1.38. The van der Waals surface area contributed by atoms with E-state index in [2.05, 4.69) is 24.5 Å². The highest BCUT2D eigenvalue weighted by Gasteiger charge is 2.49. The molecule has 0 radical (unpaired) electrons. The van der Waals surface area contributed by atoms with Gasteiger partial charge in [-0.05, 0) is 31.1 Å². The molecule has 1 saturated heterocycles. The highest BCUT2D eigenvalue weighted by Crippen LogP contribution is 2.41. The molecule has 2 N–H and O–H groups in total. The van der Waals surface area contributed by atoms with Gasteiger partial charge in [-0.1, -0.05) is 13.8 Å². The Morgan fingerprint density at radius 3 is 2.07 bits per heavy atom. The van der Waals surface area contributed by atoms with Crippen LogP contribution in [0.15, 0.2) is 0 Å². The van der Waals surface area contributed by atoms with Crippen molar-refractivity contribution >= 4 is 11.9 Å². The van der Waals surface area contributed by atoms with Gasteiger partial charge in [0.15, 0.2) is 0 Å². The van der Waals surface area contributed by atoms with Crippen LogP contribution in [0.25, 0.3) is 0 Å². The van der Waals surface area contributed by atoms with Gasteiger partial charge in [0.25, 0.3) is 5.91 Å². The van der Waals surface area contributed by atoms with Gasteiger partial charge in [0, 0.05) is 0 Å². The van der Waals surface area contributed by atoms with Crippen LogP contribution in [0, 0.1) is 5.41 Å². The molecular formula is C10H16N2O2. The van der Waals surface area contributed by atoms with E-state index in [-0.39, 0.29) is 11.9 Å². The van der Waals surface area contributed by atoms with Gasteiger partial charge in [-0.15, -0.1) is 0 Å². The van der Waals surface area contributed by atoms with Crippen LogP contribution in [0.2, 0.25) is 0 Å². The normalized spacial score (nSPS) is 28.7. The van der Waals surface area contributed by atoms with Crippen LogP contribution in [-0.4, -0.2) is 17.5 Å². The number of amides is 3. The summed E-state index contributed by atoms with van der Waals surface area (Å²) in [6.45, 7) is 4.41. The van der Waals surface area contributed by atoms with Gasteiger partial charge in [-0.3, -0.25) is 10.1 Å². The van der Waals surface area contributed by atoms with E-state index in [4.69, 9.17) is 0 Å². The minimum atomic E-state index is -0.591. The standard InChI is InChI=1S/C10H16N2O2/c1-9(2)3-5-10(6-4-9)7(13)11-8(14)12-10/h3-6H2,1-2H3,(H2,11,12,13,14). The Hall–Kier alpha value is -1.06. The molecule has 0 aromatic heterocycles. The summed E-state index contributed by atoms with van der Waals surface area (Å²) < 4.78 is 0. The summed E-state index contributed by atoms with van der Waals surface area (Å²) in [5.74, 6) is -0.141. The number of carbonyl (C=O) groups is 2. The van der Waals surface area contributed by atoms with E-state index in [1.165, 1.54) is 0 Å². The smallest absolute Gasteiger partial charge is 0.322 e. The van der Waals surface area contributed by atoms with Gasteiger partial charge in [-0.2, -0.15) is 0 Å². The quantitative estimate of drug-likeness (QED) is 0.571. The monoisotopic (exact) mass is 196 g/mol. The van der Waals surface area contributed by atoms with E-state index in [0.29, 0.717) is 5.41 Å². The van der Waals surface area contributed by atoms with E-state index in [0.717, 1.165) is 25.7 Å². The number of rotatable bonds is 0. The molecule has 0 atom stereocenters. The summed E-state index contributed by atoms with van der Waals surface area (Å²) >= 11 is 0. The lowest BCUT2D eigenvalue weighted by Gasteiger charge is -2.39. The van der Waals surface area contributed by atoms with Crippen molar-refractivity contribution in [2.45, 2.75) is 45.1 Å². The first-order valence-corrected chi connectivity index (χ1v) is 5.07. The summed E-state index contributed by atoms with van der Waals surface area (Å²) in [5, 5.41) is 5.07. The van der Waals surface area contributed by atoms with Gasteiger partial charge in [0.1, 0.15) is 5.54 Å². The highest BCUT2D eigenvalue weighted by atomic mass is 16.2. The molecule has 14 heavy (non-hydrogen) atoms. The topological polar surface area (TPSA) is 58.2 Å². The SMILES string of the molecule is CC1(C)CCC2(CC1)NC(=O)NC2=O. The number of nitrogens with one attached hydrogen (secondary N) is 2. The van der Waals surface area contributed by atoms with Crippen LogP contribution in [0.3, 0.4) is 0 Å². The zero-order valence-electron chi connectivity index (χ0n) is 8.64. The van der Waals surface area contributed by atoms with Gasteiger partial charge in [0.05, 0.1) is 0 Å². The Labute approximate surface area is 83.4 Å².